The minimum absolute atomic E-state index is 0.00377. The predicted octanol–water partition coefficient (Wildman–Crippen LogP) is 3.55. The number of esters is 1. The summed E-state index contributed by atoms with van der Waals surface area (Å²) in [5.74, 6) is -1.54. The molecule has 0 spiro atoms. The van der Waals surface area contributed by atoms with Gasteiger partial charge >= 0.3 is 5.97 Å². The average molecular weight is 434 g/mol. The molecule has 3 aromatic rings. The molecule has 8 heteroatoms. The minimum atomic E-state index is -0.741. The fraction of sp³-hybridized carbons (Fsp3) is 0.250. The maximum absolute atomic E-state index is 12.7. The fourth-order valence-electron chi connectivity index (χ4n) is 3.98. The van der Waals surface area contributed by atoms with Crippen LogP contribution in [0.3, 0.4) is 0 Å². The fourth-order valence-corrected chi connectivity index (χ4v) is 3.98. The van der Waals surface area contributed by atoms with Crippen molar-refractivity contribution in [2.45, 2.75) is 33.9 Å². The van der Waals surface area contributed by atoms with Crippen molar-refractivity contribution in [1.29, 1.82) is 0 Å². The van der Waals surface area contributed by atoms with Gasteiger partial charge in [0.1, 0.15) is 5.76 Å². The van der Waals surface area contributed by atoms with Crippen molar-refractivity contribution >= 4 is 23.6 Å². The lowest BCUT2D eigenvalue weighted by molar-refractivity contribution is 0.0474. The first-order chi connectivity index (χ1) is 15.3. The number of ether oxygens (including phenoxy) is 1. The quantitative estimate of drug-likeness (QED) is 0.320. The standard InChI is InChI=1S/C24H22N2O6/c1-4-25-14(2)10-19(15(25)3)21(27)13-32-24(30)16-7-8-18-20(11-16)23(29)26(22(18)28)12-17-6-5-9-31-17/h5-11H,4,12-13H2,1-3H3. The average Bonchev–Trinajstić information content (AvgIpc) is 3.46. The molecule has 0 N–H and O–H groups in total. The smallest absolute Gasteiger partial charge is 0.338 e. The van der Waals surface area contributed by atoms with E-state index in [4.69, 9.17) is 9.15 Å². The lowest BCUT2D eigenvalue weighted by Gasteiger charge is -2.11. The Labute approximate surface area is 184 Å². The van der Waals surface area contributed by atoms with Gasteiger partial charge in [-0.1, -0.05) is 0 Å². The van der Waals surface area contributed by atoms with Crippen LogP contribution in [0.4, 0.5) is 0 Å². The van der Waals surface area contributed by atoms with Crippen LogP contribution < -0.4 is 0 Å². The van der Waals surface area contributed by atoms with Crippen molar-refractivity contribution in [3.8, 4) is 0 Å². The van der Waals surface area contributed by atoms with E-state index in [0.29, 0.717) is 11.3 Å². The third kappa shape index (κ3) is 3.64. The second kappa shape index (κ2) is 8.30. The summed E-state index contributed by atoms with van der Waals surface area (Å²) in [6.45, 7) is 6.08. The Kier molecular flexibility index (Phi) is 5.52. The lowest BCUT2D eigenvalue weighted by Crippen LogP contribution is -2.28. The van der Waals surface area contributed by atoms with Gasteiger partial charge in [-0.2, -0.15) is 0 Å². The number of rotatable bonds is 7. The Morgan fingerprint density at radius 3 is 2.44 bits per heavy atom. The van der Waals surface area contributed by atoms with Crippen molar-refractivity contribution in [2.75, 3.05) is 6.61 Å². The van der Waals surface area contributed by atoms with Gasteiger partial charge in [-0.15, -0.1) is 0 Å². The number of carbonyl (C=O) groups excluding carboxylic acids is 4. The van der Waals surface area contributed by atoms with Crippen LogP contribution in [0.15, 0.2) is 47.1 Å². The number of ketones is 1. The number of amides is 2. The van der Waals surface area contributed by atoms with E-state index >= 15 is 0 Å². The molecule has 0 unspecified atom stereocenters. The number of aryl methyl sites for hydroxylation is 1. The molecule has 0 saturated heterocycles. The second-order valence-electron chi connectivity index (χ2n) is 7.56. The molecule has 1 aliphatic rings. The van der Waals surface area contributed by atoms with Crippen molar-refractivity contribution in [3.63, 3.8) is 0 Å². The summed E-state index contributed by atoms with van der Waals surface area (Å²) in [5, 5.41) is 0. The number of Topliss-reactive ketones (excluding diaryl/α,β-unsaturated/α-hetero) is 1. The van der Waals surface area contributed by atoms with Crippen LogP contribution in [-0.2, 0) is 17.8 Å². The van der Waals surface area contributed by atoms with E-state index in [-0.39, 0.29) is 29.0 Å². The van der Waals surface area contributed by atoms with Crippen LogP contribution in [0.2, 0.25) is 0 Å². The van der Waals surface area contributed by atoms with E-state index in [9.17, 15) is 19.2 Å². The Morgan fingerprint density at radius 2 is 1.78 bits per heavy atom. The van der Waals surface area contributed by atoms with Gasteiger partial charge in [0.05, 0.1) is 29.5 Å². The number of fused-ring (bicyclic) bond motifs is 1. The molecule has 0 radical (unpaired) electrons. The van der Waals surface area contributed by atoms with Crippen LogP contribution in [0.5, 0.6) is 0 Å². The van der Waals surface area contributed by atoms with Gasteiger partial charge in [0.2, 0.25) is 5.78 Å². The van der Waals surface area contributed by atoms with Crippen molar-refractivity contribution < 1.29 is 28.3 Å². The zero-order valence-corrected chi connectivity index (χ0v) is 18.0. The number of imide groups is 1. The van der Waals surface area contributed by atoms with Gasteiger partial charge in [-0.3, -0.25) is 19.3 Å². The molecule has 1 aromatic carbocycles. The first-order valence-electron chi connectivity index (χ1n) is 10.2. The number of hydrogen-bond donors (Lipinski definition) is 0. The van der Waals surface area contributed by atoms with Gasteiger partial charge in [-0.25, -0.2) is 4.79 Å². The summed E-state index contributed by atoms with van der Waals surface area (Å²) in [4.78, 5) is 51.4. The zero-order chi connectivity index (χ0) is 23.0. The Morgan fingerprint density at radius 1 is 1.03 bits per heavy atom. The van der Waals surface area contributed by atoms with E-state index in [1.54, 1.807) is 18.2 Å². The maximum atomic E-state index is 12.7. The molecule has 32 heavy (non-hydrogen) atoms. The summed E-state index contributed by atoms with van der Waals surface area (Å²) >= 11 is 0. The van der Waals surface area contributed by atoms with Gasteiger partial charge in [0.15, 0.2) is 6.61 Å². The number of furan rings is 1. The molecule has 0 saturated carbocycles. The first-order valence-corrected chi connectivity index (χ1v) is 10.2. The van der Waals surface area contributed by atoms with Gasteiger partial charge in [-0.05, 0) is 57.2 Å². The SMILES string of the molecule is CCn1c(C)cc(C(=O)COC(=O)c2ccc3c(c2)C(=O)N(Cc2ccco2)C3=O)c1C. The topological polar surface area (TPSA) is 98.8 Å². The highest BCUT2D eigenvalue weighted by Gasteiger charge is 2.36. The van der Waals surface area contributed by atoms with Gasteiger partial charge < -0.3 is 13.7 Å². The molecule has 1 aliphatic heterocycles. The van der Waals surface area contributed by atoms with Crippen LogP contribution in [0.1, 0.15) is 65.5 Å². The first kappa shape index (κ1) is 21.3. The number of hydrogen-bond acceptors (Lipinski definition) is 6. The molecule has 0 atom stereocenters. The molecule has 0 fully saturated rings. The van der Waals surface area contributed by atoms with E-state index < -0.39 is 24.4 Å². The molecule has 0 bridgehead atoms. The molecule has 164 valence electrons. The van der Waals surface area contributed by atoms with Crippen LogP contribution >= 0.6 is 0 Å². The Balaban J connectivity index is 1.46. The molecule has 8 nitrogen and oxygen atoms in total. The summed E-state index contributed by atoms with van der Waals surface area (Å²) in [6, 6.07) is 9.28. The summed E-state index contributed by atoms with van der Waals surface area (Å²) in [5.41, 5.74) is 2.72. The Bertz CT molecular complexity index is 1240. The van der Waals surface area contributed by atoms with Crippen molar-refractivity contribution in [2.24, 2.45) is 0 Å². The highest BCUT2D eigenvalue weighted by atomic mass is 16.5. The number of benzene rings is 1. The van der Waals surface area contributed by atoms with E-state index in [2.05, 4.69) is 0 Å². The van der Waals surface area contributed by atoms with E-state index in [0.717, 1.165) is 22.8 Å². The lowest BCUT2D eigenvalue weighted by atomic mass is 10.1. The van der Waals surface area contributed by atoms with Gasteiger partial charge in [0, 0.05) is 23.5 Å². The summed E-state index contributed by atoms with van der Waals surface area (Å²) < 4.78 is 12.4. The summed E-state index contributed by atoms with van der Waals surface area (Å²) in [6.07, 6.45) is 1.46. The molecule has 4 rings (SSSR count). The third-order valence-electron chi connectivity index (χ3n) is 5.63. The molecule has 2 aromatic heterocycles. The molecular formula is C24H22N2O6. The predicted molar refractivity (Wildman–Crippen MR) is 114 cm³/mol. The van der Waals surface area contributed by atoms with Crippen LogP contribution in [0.25, 0.3) is 0 Å². The second-order valence-corrected chi connectivity index (χ2v) is 7.56. The Hall–Kier alpha value is -3.94. The number of nitrogens with zero attached hydrogens (tertiary/aromatic N) is 2. The monoisotopic (exact) mass is 434 g/mol. The van der Waals surface area contributed by atoms with Crippen LogP contribution in [-0.4, -0.2) is 39.6 Å². The van der Waals surface area contributed by atoms with Crippen molar-refractivity contribution in [3.05, 3.63) is 82.1 Å². The highest BCUT2D eigenvalue weighted by molar-refractivity contribution is 6.21. The summed E-state index contributed by atoms with van der Waals surface area (Å²) in [7, 11) is 0. The van der Waals surface area contributed by atoms with E-state index in [1.165, 1.54) is 24.5 Å². The van der Waals surface area contributed by atoms with Crippen LogP contribution in [0, 0.1) is 13.8 Å². The normalized spacial score (nSPS) is 12.9. The highest BCUT2D eigenvalue weighted by Crippen LogP contribution is 2.26. The van der Waals surface area contributed by atoms with Gasteiger partial charge in [0.25, 0.3) is 11.8 Å². The molecular weight excluding hydrogens is 412 g/mol. The van der Waals surface area contributed by atoms with E-state index in [1.807, 2.05) is 25.3 Å². The number of carbonyl (C=O) groups is 4. The zero-order valence-electron chi connectivity index (χ0n) is 18.0. The minimum Gasteiger partial charge on any atom is -0.467 e. The number of aromatic nitrogens is 1. The third-order valence-corrected chi connectivity index (χ3v) is 5.63. The molecule has 3 heterocycles. The van der Waals surface area contributed by atoms with Crippen molar-refractivity contribution in [1.82, 2.24) is 9.47 Å². The largest absolute Gasteiger partial charge is 0.467 e. The maximum Gasteiger partial charge on any atom is 0.338 e. The molecule has 2 amide bonds. The molecule has 0 aliphatic carbocycles.